The Morgan fingerprint density at radius 3 is 2.11 bits per heavy atom. The number of Topliss-reactive ketones (excluding diaryl/α,β-unsaturated/α-hetero) is 1. The lowest BCUT2D eigenvalue weighted by molar-refractivity contribution is 0.0816. The van der Waals surface area contributed by atoms with Crippen LogP contribution in [-0.4, -0.2) is 5.78 Å². The quantitative estimate of drug-likeness (QED) is 0.438. The zero-order valence-electron chi connectivity index (χ0n) is 15.9. The van der Waals surface area contributed by atoms with E-state index < -0.39 is 5.41 Å². The minimum atomic E-state index is -0.642. The number of nitrogen functional groups attached to an aromatic ring is 1. The molecule has 3 aromatic carbocycles. The number of benzene rings is 3. The molecule has 0 fully saturated rings. The molecule has 2 N–H and O–H groups in total. The summed E-state index contributed by atoms with van der Waals surface area (Å²) in [6.45, 7) is 7.90. The second kappa shape index (κ2) is 7.63. The highest BCUT2D eigenvalue weighted by molar-refractivity contribution is 6.01. The van der Waals surface area contributed by atoms with Crippen LogP contribution in [0.25, 0.3) is 6.08 Å². The Morgan fingerprint density at radius 2 is 1.52 bits per heavy atom. The molecule has 0 heterocycles. The summed E-state index contributed by atoms with van der Waals surface area (Å²) in [6.07, 6.45) is 1.76. The first-order chi connectivity index (χ1) is 12.9. The van der Waals surface area contributed by atoms with Crippen LogP contribution in [0.15, 0.2) is 85.4 Å². The van der Waals surface area contributed by atoms with Crippen molar-refractivity contribution in [1.82, 2.24) is 0 Å². The molecule has 0 radical (unpaired) electrons. The molecule has 1 atom stereocenters. The first-order valence-corrected chi connectivity index (χ1v) is 9.12. The number of hydrogen-bond acceptors (Lipinski definition) is 2. The summed E-state index contributed by atoms with van der Waals surface area (Å²) < 4.78 is 0. The van der Waals surface area contributed by atoms with Gasteiger partial charge in [0, 0.05) is 22.6 Å². The van der Waals surface area contributed by atoms with Gasteiger partial charge in [-0.3, -0.25) is 4.79 Å². The van der Waals surface area contributed by atoms with Gasteiger partial charge in [0.25, 0.3) is 0 Å². The molecule has 3 aromatic rings. The van der Waals surface area contributed by atoms with Gasteiger partial charge in [-0.25, -0.2) is 0 Å². The molecule has 0 aliphatic carbocycles. The van der Waals surface area contributed by atoms with Crippen molar-refractivity contribution >= 4 is 17.5 Å². The number of nitrogens with two attached hydrogens (primary N) is 1. The average molecular weight is 355 g/mol. The second-order valence-corrected chi connectivity index (χ2v) is 7.35. The highest BCUT2D eigenvalue weighted by Gasteiger charge is 2.39. The molecule has 0 saturated heterocycles. The van der Waals surface area contributed by atoms with Crippen molar-refractivity contribution in [3.05, 3.63) is 108 Å². The first kappa shape index (κ1) is 18.7. The minimum Gasteiger partial charge on any atom is -0.398 e. The fourth-order valence-electron chi connectivity index (χ4n) is 3.71. The summed E-state index contributed by atoms with van der Waals surface area (Å²) in [6, 6.07) is 25.6. The van der Waals surface area contributed by atoms with Gasteiger partial charge in [0.05, 0.1) is 0 Å². The fraction of sp³-hybridized carbons (Fsp3) is 0.160. The Labute approximate surface area is 161 Å². The van der Waals surface area contributed by atoms with Crippen LogP contribution in [0.3, 0.4) is 0 Å². The minimum absolute atomic E-state index is 0.106. The predicted molar refractivity (Wildman–Crippen MR) is 114 cm³/mol. The largest absolute Gasteiger partial charge is 0.398 e. The van der Waals surface area contributed by atoms with Crippen molar-refractivity contribution in [1.29, 1.82) is 0 Å². The Balaban J connectivity index is 2.15. The molecule has 136 valence electrons. The Kier molecular flexibility index (Phi) is 5.27. The van der Waals surface area contributed by atoms with Crippen LogP contribution in [0.5, 0.6) is 0 Å². The van der Waals surface area contributed by atoms with Crippen LogP contribution >= 0.6 is 0 Å². The summed E-state index contributed by atoms with van der Waals surface area (Å²) in [5.41, 5.74) is 9.88. The van der Waals surface area contributed by atoms with Gasteiger partial charge in [0.15, 0.2) is 5.78 Å². The number of carbonyl (C=O) groups is 1. The van der Waals surface area contributed by atoms with E-state index in [1.807, 2.05) is 80.6 Å². The van der Waals surface area contributed by atoms with E-state index in [0.717, 1.165) is 22.3 Å². The molecular formula is C25H25NO. The van der Waals surface area contributed by atoms with Crippen molar-refractivity contribution in [2.45, 2.75) is 19.8 Å². The Morgan fingerprint density at radius 1 is 0.926 bits per heavy atom. The molecule has 0 bridgehead atoms. The van der Waals surface area contributed by atoms with E-state index in [2.05, 4.69) is 18.7 Å². The summed E-state index contributed by atoms with van der Waals surface area (Å²) in [7, 11) is 0. The monoisotopic (exact) mass is 355 g/mol. The zero-order valence-corrected chi connectivity index (χ0v) is 15.9. The van der Waals surface area contributed by atoms with Crippen LogP contribution in [0.4, 0.5) is 5.69 Å². The number of rotatable bonds is 6. The van der Waals surface area contributed by atoms with E-state index in [-0.39, 0.29) is 11.7 Å². The standard InChI is InChI=1S/C25H25NO/c1-4-18-17-21(15-16-22(18)26)23(19-11-7-5-8-12-19)25(2,3)24(27)20-13-9-6-10-14-20/h4-17,23H,1,26H2,2-3H3. The zero-order chi connectivity index (χ0) is 19.4. The van der Waals surface area contributed by atoms with Crippen molar-refractivity contribution in [2.75, 3.05) is 5.73 Å². The van der Waals surface area contributed by atoms with Crippen molar-refractivity contribution in [3.8, 4) is 0 Å². The van der Waals surface area contributed by atoms with Crippen LogP contribution in [-0.2, 0) is 0 Å². The van der Waals surface area contributed by atoms with Gasteiger partial charge >= 0.3 is 0 Å². The molecule has 0 amide bonds. The van der Waals surface area contributed by atoms with Gasteiger partial charge in [0.2, 0.25) is 0 Å². The number of anilines is 1. The SMILES string of the molecule is C=Cc1cc(C(c2ccccc2)C(C)(C)C(=O)c2ccccc2)ccc1N. The molecule has 27 heavy (non-hydrogen) atoms. The third kappa shape index (κ3) is 3.70. The van der Waals surface area contributed by atoms with E-state index in [1.54, 1.807) is 6.08 Å². The third-order valence-corrected chi connectivity index (χ3v) is 5.14. The number of ketones is 1. The van der Waals surface area contributed by atoms with Gasteiger partial charge in [-0.15, -0.1) is 0 Å². The van der Waals surface area contributed by atoms with E-state index >= 15 is 0 Å². The summed E-state index contributed by atoms with van der Waals surface area (Å²) in [4.78, 5) is 13.4. The van der Waals surface area contributed by atoms with Crippen LogP contribution in [0, 0.1) is 5.41 Å². The van der Waals surface area contributed by atoms with Crippen LogP contribution in [0.2, 0.25) is 0 Å². The molecule has 2 nitrogen and oxygen atoms in total. The molecular weight excluding hydrogens is 330 g/mol. The molecule has 0 saturated carbocycles. The maximum atomic E-state index is 13.4. The van der Waals surface area contributed by atoms with E-state index in [4.69, 9.17) is 5.73 Å². The summed E-state index contributed by atoms with van der Waals surface area (Å²) >= 11 is 0. The maximum absolute atomic E-state index is 13.4. The fourth-order valence-corrected chi connectivity index (χ4v) is 3.71. The molecule has 1 unspecified atom stereocenters. The number of hydrogen-bond donors (Lipinski definition) is 1. The normalized spacial score (nSPS) is 12.4. The smallest absolute Gasteiger partial charge is 0.169 e. The highest BCUT2D eigenvalue weighted by Crippen LogP contribution is 2.43. The van der Waals surface area contributed by atoms with Gasteiger partial charge < -0.3 is 5.73 Å². The van der Waals surface area contributed by atoms with Crippen molar-refractivity contribution < 1.29 is 4.79 Å². The van der Waals surface area contributed by atoms with Gasteiger partial charge in [-0.1, -0.05) is 93.2 Å². The number of carbonyl (C=O) groups excluding carboxylic acids is 1. The summed E-state index contributed by atoms with van der Waals surface area (Å²) in [5, 5.41) is 0. The third-order valence-electron chi connectivity index (χ3n) is 5.14. The first-order valence-electron chi connectivity index (χ1n) is 9.12. The van der Waals surface area contributed by atoms with E-state index in [0.29, 0.717) is 5.69 Å². The predicted octanol–water partition coefficient (Wildman–Crippen LogP) is 5.95. The second-order valence-electron chi connectivity index (χ2n) is 7.35. The lowest BCUT2D eigenvalue weighted by atomic mass is 9.67. The molecule has 0 aliphatic heterocycles. The van der Waals surface area contributed by atoms with Crippen LogP contribution < -0.4 is 5.73 Å². The molecule has 0 aliphatic rings. The topological polar surface area (TPSA) is 43.1 Å². The lowest BCUT2D eigenvalue weighted by Crippen LogP contribution is -2.32. The highest BCUT2D eigenvalue weighted by atomic mass is 16.1. The average Bonchev–Trinajstić information content (AvgIpc) is 2.70. The van der Waals surface area contributed by atoms with E-state index in [1.165, 1.54) is 0 Å². The van der Waals surface area contributed by atoms with Gasteiger partial charge in [-0.2, -0.15) is 0 Å². The van der Waals surface area contributed by atoms with Crippen molar-refractivity contribution in [2.24, 2.45) is 5.41 Å². The van der Waals surface area contributed by atoms with Gasteiger partial charge in [-0.05, 0) is 28.8 Å². The molecule has 0 aromatic heterocycles. The van der Waals surface area contributed by atoms with E-state index in [9.17, 15) is 4.79 Å². The van der Waals surface area contributed by atoms with Crippen LogP contribution in [0.1, 0.15) is 46.8 Å². The maximum Gasteiger partial charge on any atom is 0.169 e. The van der Waals surface area contributed by atoms with Crippen molar-refractivity contribution in [3.63, 3.8) is 0 Å². The molecule has 2 heteroatoms. The lowest BCUT2D eigenvalue weighted by Gasteiger charge is -2.34. The Hall–Kier alpha value is -3.13. The van der Waals surface area contributed by atoms with Gasteiger partial charge in [0.1, 0.15) is 0 Å². The summed E-state index contributed by atoms with van der Waals surface area (Å²) in [5.74, 6) is 0.0136. The molecule has 3 rings (SSSR count). The Bertz CT molecular complexity index is 943. The molecule has 0 spiro atoms.